The molecular weight excluding hydrogens is 195 g/mol. The van der Waals surface area contributed by atoms with E-state index >= 15 is 0 Å². The summed E-state index contributed by atoms with van der Waals surface area (Å²) in [5.74, 6) is -0.135. The summed E-state index contributed by atoms with van der Waals surface area (Å²) < 4.78 is 17.5. The lowest BCUT2D eigenvalue weighted by Crippen LogP contribution is -2.06. The van der Waals surface area contributed by atoms with E-state index in [1.54, 1.807) is 6.07 Å². The smallest absolute Gasteiger partial charge is 0.158 e. The molecule has 0 amide bonds. The number of methoxy groups -OCH3 is 1. The normalized spacial score (nSPS) is 10.3. The minimum atomic E-state index is -0.226. The SMILES string of the molecule is COCC(=O)CCCc1cccc(F)c1. The number of halogens is 1. The first kappa shape index (κ1) is 11.9. The first-order valence-electron chi connectivity index (χ1n) is 4.97. The minimum Gasteiger partial charge on any atom is -0.377 e. The molecule has 0 fully saturated rings. The summed E-state index contributed by atoms with van der Waals surface area (Å²) >= 11 is 0. The monoisotopic (exact) mass is 210 g/mol. The maximum atomic E-state index is 12.8. The van der Waals surface area contributed by atoms with Crippen LogP contribution in [0.5, 0.6) is 0 Å². The summed E-state index contributed by atoms with van der Waals surface area (Å²) in [5.41, 5.74) is 0.931. The van der Waals surface area contributed by atoms with Crippen LogP contribution < -0.4 is 0 Å². The number of carbonyl (C=O) groups excluding carboxylic acids is 1. The van der Waals surface area contributed by atoms with Crippen molar-refractivity contribution in [3.05, 3.63) is 35.6 Å². The van der Waals surface area contributed by atoms with Crippen LogP contribution in [0.4, 0.5) is 4.39 Å². The van der Waals surface area contributed by atoms with Crippen molar-refractivity contribution in [3.63, 3.8) is 0 Å². The van der Waals surface area contributed by atoms with Crippen molar-refractivity contribution in [2.45, 2.75) is 19.3 Å². The van der Waals surface area contributed by atoms with Gasteiger partial charge in [-0.2, -0.15) is 0 Å². The van der Waals surface area contributed by atoms with Gasteiger partial charge in [0, 0.05) is 13.5 Å². The molecule has 0 bridgehead atoms. The second-order valence-corrected chi connectivity index (χ2v) is 3.46. The molecule has 1 aromatic carbocycles. The van der Waals surface area contributed by atoms with E-state index in [1.165, 1.54) is 19.2 Å². The van der Waals surface area contributed by atoms with Gasteiger partial charge in [-0.05, 0) is 30.5 Å². The quantitative estimate of drug-likeness (QED) is 0.720. The molecule has 0 aliphatic heterocycles. The van der Waals surface area contributed by atoms with Gasteiger partial charge < -0.3 is 4.74 Å². The molecule has 0 saturated carbocycles. The highest BCUT2D eigenvalue weighted by molar-refractivity contribution is 5.79. The summed E-state index contributed by atoms with van der Waals surface area (Å²) in [6.45, 7) is 0.170. The first-order valence-corrected chi connectivity index (χ1v) is 4.97. The summed E-state index contributed by atoms with van der Waals surface area (Å²) in [4.78, 5) is 11.1. The second-order valence-electron chi connectivity index (χ2n) is 3.46. The molecule has 0 heterocycles. The van der Waals surface area contributed by atoms with Gasteiger partial charge in [-0.25, -0.2) is 4.39 Å². The molecule has 1 aromatic rings. The van der Waals surface area contributed by atoms with E-state index in [1.807, 2.05) is 6.07 Å². The van der Waals surface area contributed by atoms with Gasteiger partial charge in [0.2, 0.25) is 0 Å². The third-order valence-electron chi connectivity index (χ3n) is 2.12. The van der Waals surface area contributed by atoms with E-state index in [9.17, 15) is 9.18 Å². The highest BCUT2D eigenvalue weighted by atomic mass is 19.1. The predicted octanol–water partition coefficient (Wildman–Crippen LogP) is 2.36. The zero-order valence-corrected chi connectivity index (χ0v) is 8.83. The Balaban J connectivity index is 2.28. The number of carbonyl (C=O) groups is 1. The summed E-state index contributed by atoms with van der Waals surface area (Å²) in [6, 6.07) is 6.46. The van der Waals surface area contributed by atoms with E-state index < -0.39 is 0 Å². The average Bonchev–Trinajstić information content (AvgIpc) is 2.18. The molecule has 0 atom stereocenters. The maximum absolute atomic E-state index is 12.8. The van der Waals surface area contributed by atoms with Crippen LogP contribution in [0.1, 0.15) is 18.4 Å². The van der Waals surface area contributed by atoms with Crippen LogP contribution in [0, 0.1) is 5.82 Å². The van der Waals surface area contributed by atoms with Gasteiger partial charge in [-0.1, -0.05) is 12.1 Å². The molecule has 0 spiro atoms. The van der Waals surface area contributed by atoms with E-state index in [4.69, 9.17) is 4.74 Å². The van der Waals surface area contributed by atoms with Crippen LogP contribution in [-0.2, 0) is 16.0 Å². The number of ether oxygens (including phenoxy) is 1. The number of Topliss-reactive ketones (excluding diaryl/α,β-unsaturated/α-hetero) is 1. The highest BCUT2D eigenvalue weighted by Crippen LogP contribution is 2.07. The van der Waals surface area contributed by atoms with Crippen LogP contribution >= 0.6 is 0 Å². The van der Waals surface area contributed by atoms with Gasteiger partial charge in [0.25, 0.3) is 0 Å². The van der Waals surface area contributed by atoms with Gasteiger partial charge in [0.05, 0.1) is 0 Å². The molecule has 0 aromatic heterocycles. The van der Waals surface area contributed by atoms with Crippen LogP contribution in [0.25, 0.3) is 0 Å². The summed E-state index contributed by atoms with van der Waals surface area (Å²) in [5, 5.41) is 0. The Bertz CT molecular complexity index is 323. The highest BCUT2D eigenvalue weighted by Gasteiger charge is 2.01. The van der Waals surface area contributed by atoms with Gasteiger partial charge >= 0.3 is 0 Å². The molecular formula is C12H15FO2. The number of benzene rings is 1. The topological polar surface area (TPSA) is 26.3 Å². The van der Waals surface area contributed by atoms with E-state index in [2.05, 4.69) is 0 Å². The number of rotatable bonds is 6. The fourth-order valence-electron chi connectivity index (χ4n) is 1.42. The Morgan fingerprint density at radius 3 is 2.93 bits per heavy atom. The Morgan fingerprint density at radius 1 is 1.47 bits per heavy atom. The molecule has 0 unspecified atom stereocenters. The van der Waals surface area contributed by atoms with Crippen LogP contribution in [0.2, 0.25) is 0 Å². The molecule has 0 radical (unpaired) electrons. The zero-order chi connectivity index (χ0) is 11.1. The fourth-order valence-corrected chi connectivity index (χ4v) is 1.42. The van der Waals surface area contributed by atoms with Crippen molar-refractivity contribution in [2.24, 2.45) is 0 Å². The second kappa shape index (κ2) is 6.30. The molecule has 0 aliphatic carbocycles. The van der Waals surface area contributed by atoms with Gasteiger partial charge in [-0.15, -0.1) is 0 Å². The van der Waals surface area contributed by atoms with Crippen molar-refractivity contribution in [1.82, 2.24) is 0 Å². The van der Waals surface area contributed by atoms with E-state index in [0.717, 1.165) is 18.4 Å². The summed E-state index contributed by atoms with van der Waals surface area (Å²) in [6.07, 6.45) is 1.96. The fraction of sp³-hybridized carbons (Fsp3) is 0.417. The Kier molecular flexibility index (Phi) is 4.98. The molecule has 3 heteroatoms. The number of hydrogen-bond acceptors (Lipinski definition) is 2. The average molecular weight is 210 g/mol. The van der Waals surface area contributed by atoms with E-state index in [0.29, 0.717) is 6.42 Å². The maximum Gasteiger partial charge on any atom is 0.158 e. The Morgan fingerprint density at radius 2 is 2.27 bits per heavy atom. The molecule has 0 N–H and O–H groups in total. The van der Waals surface area contributed by atoms with Crippen molar-refractivity contribution >= 4 is 5.78 Å². The first-order chi connectivity index (χ1) is 7.22. The van der Waals surface area contributed by atoms with Crippen LogP contribution in [0.15, 0.2) is 24.3 Å². The minimum absolute atomic E-state index is 0.0916. The number of hydrogen-bond donors (Lipinski definition) is 0. The third kappa shape index (κ3) is 4.70. The molecule has 2 nitrogen and oxygen atoms in total. The lowest BCUT2D eigenvalue weighted by molar-refractivity contribution is -0.122. The largest absolute Gasteiger partial charge is 0.377 e. The predicted molar refractivity (Wildman–Crippen MR) is 56.2 cm³/mol. The molecule has 1 rings (SSSR count). The van der Waals surface area contributed by atoms with Gasteiger partial charge in [0.1, 0.15) is 12.4 Å². The molecule has 0 saturated heterocycles. The van der Waals surface area contributed by atoms with Crippen LogP contribution in [-0.4, -0.2) is 19.5 Å². The third-order valence-corrected chi connectivity index (χ3v) is 2.12. The number of ketones is 1. The molecule has 0 aliphatic rings. The standard InChI is InChI=1S/C12H15FO2/c1-15-9-12(14)7-3-5-10-4-2-6-11(13)8-10/h2,4,6,8H,3,5,7,9H2,1H3. The van der Waals surface area contributed by atoms with E-state index in [-0.39, 0.29) is 18.2 Å². The van der Waals surface area contributed by atoms with Crippen molar-refractivity contribution in [2.75, 3.05) is 13.7 Å². The lowest BCUT2D eigenvalue weighted by Gasteiger charge is -2.01. The zero-order valence-electron chi connectivity index (χ0n) is 8.83. The van der Waals surface area contributed by atoms with Crippen molar-refractivity contribution in [1.29, 1.82) is 0 Å². The number of aryl methyl sites for hydroxylation is 1. The lowest BCUT2D eigenvalue weighted by atomic mass is 10.1. The van der Waals surface area contributed by atoms with Crippen LogP contribution in [0.3, 0.4) is 0 Å². The summed E-state index contributed by atoms with van der Waals surface area (Å²) in [7, 11) is 1.50. The Hall–Kier alpha value is -1.22. The molecule has 82 valence electrons. The van der Waals surface area contributed by atoms with Crippen molar-refractivity contribution < 1.29 is 13.9 Å². The molecule has 15 heavy (non-hydrogen) atoms. The van der Waals surface area contributed by atoms with Gasteiger partial charge in [0.15, 0.2) is 5.78 Å². The Labute approximate surface area is 89.1 Å². The van der Waals surface area contributed by atoms with Gasteiger partial charge in [-0.3, -0.25) is 4.79 Å². The van der Waals surface area contributed by atoms with Crippen molar-refractivity contribution in [3.8, 4) is 0 Å².